The van der Waals surface area contributed by atoms with Crippen molar-refractivity contribution in [3.05, 3.63) is 17.0 Å². The monoisotopic (exact) mass is 336 g/mol. The molecule has 7 heteroatoms. The molecular formula is C13H21ClN2O2S2. The number of nitrogens with one attached hydrogen (secondary N) is 1. The van der Waals surface area contributed by atoms with Crippen molar-refractivity contribution in [1.29, 1.82) is 0 Å². The van der Waals surface area contributed by atoms with E-state index in [0.717, 1.165) is 30.8 Å². The molecule has 114 valence electrons. The smallest absolute Gasteiger partial charge is 0.252 e. The number of hydrogen-bond acceptors (Lipinski definition) is 4. The lowest BCUT2D eigenvalue weighted by molar-refractivity contribution is 0.228. The number of hydrogen-bond donors (Lipinski definition) is 1. The molecular weight excluding hydrogens is 316 g/mol. The normalized spacial score (nSPS) is 27.1. The maximum Gasteiger partial charge on any atom is 0.252 e. The fourth-order valence-electron chi connectivity index (χ4n) is 3.03. The molecule has 0 spiro atoms. The zero-order valence-electron chi connectivity index (χ0n) is 11.5. The summed E-state index contributed by atoms with van der Waals surface area (Å²) in [6.45, 7) is 5.42. The van der Waals surface area contributed by atoms with Crippen LogP contribution in [0.3, 0.4) is 0 Å². The van der Waals surface area contributed by atoms with E-state index in [1.54, 1.807) is 10.4 Å². The van der Waals surface area contributed by atoms with Gasteiger partial charge < -0.3 is 5.32 Å². The average molecular weight is 337 g/mol. The van der Waals surface area contributed by atoms with E-state index in [9.17, 15) is 8.42 Å². The van der Waals surface area contributed by atoms with Gasteiger partial charge in [-0.3, -0.25) is 0 Å². The maximum atomic E-state index is 12.6. The number of nitrogens with zero attached hydrogens (tertiary/aromatic N) is 1. The Morgan fingerprint density at radius 2 is 2.10 bits per heavy atom. The molecule has 0 amide bonds. The molecule has 1 aromatic heterocycles. The molecule has 1 aromatic rings. The molecule has 0 radical (unpaired) electrons. The summed E-state index contributed by atoms with van der Waals surface area (Å²) in [7, 11) is -3.27. The highest BCUT2D eigenvalue weighted by atomic mass is 35.5. The van der Waals surface area contributed by atoms with E-state index < -0.39 is 10.0 Å². The SMILES string of the molecule is CCc1ccc(S(=O)(=O)N2CCC3CNCC3C2)s1.Cl. The van der Waals surface area contributed by atoms with Crippen LogP contribution in [0, 0.1) is 11.8 Å². The molecule has 0 aliphatic carbocycles. The Morgan fingerprint density at radius 3 is 2.80 bits per heavy atom. The number of halogens is 1. The molecule has 2 aliphatic rings. The van der Waals surface area contributed by atoms with Gasteiger partial charge in [-0.1, -0.05) is 6.92 Å². The lowest BCUT2D eigenvalue weighted by Crippen LogP contribution is -2.43. The van der Waals surface area contributed by atoms with Gasteiger partial charge in [0.15, 0.2) is 0 Å². The van der Waals surface area contributed by atoms with Gasteiger partial charge in [0.2, 0.25) is 0 Å². The second-order valence-electron chi connectivity index (χ2n) is 5.40. The van der Waals surface area contributed by atoms with E-state index in [4.69, 9.17) is 0 Å². The maximum absolute atomic E-state index is 12.6. The number of aryl methyl sites for hydroxylation is 1. The number of fused-ring (bicyclic) bond motifs is 1. The van der Waals surface area contributed by atoms with Crippen LogP contribution in [0.4, 0.5) is 0 Å². The van der Waals surface area contributed by atoms with Crippen LogP contribution in [0.2, 0.25) is 0 Å². The summed E-state index contributed by atoms with van der Waals surface area (Å²) in [5.41, 5.74) is 0. The number of piperidine rings is 1. The second kappa shape index (κ2) is 6.32. The Bertz CT molecular complexity index is 558. The Hall–Kier alpha value is -0.140. The molecule has 3 heterocycles. The third-order valence-electron chi connectivity index (χ3n) is 4.25. The van der Waals surface area contributed by atoms with Gasteiger partial charge in [0, 0.05) is 18.0 Å². The topological polar surface area (TPSA) is 49.4 Å². The molecule has 2 aliphatic heterocycles. The van der Waals surface area contributed by atoms with Crippen molar-refractivity contribution in [2.75, 3.05) is 26.2 Å². The number of rotatable bonds is 3. The highest BCUT2D eigenvalue weighted by Gasteiger charge is 2.38. The predicted molar refractivity (Wildman–Crippen MR) is 84.2 cm³/mol. The van der Waals surface area contributed by atoms with Gasteiger partial charge in [0.05, 0.1) is 0 Å². The van der Waals surface area contributed by atoms with Gasteiger partial charge in [-0.05, 0) is 49.9 Å². The summed E-state index contributed by atoms with van der Waals surface area (Å²) in [5, 5.41) is 3.37. The summed E-state index contributed by atoms with van der Waals surface area (Å²) in [6.07, 6.45) is 1.89. The van der Waals surface area contributed by atoms with Crippen molar-refractivity contribution in [1.82, 2.24) is 9.62 Å². The first-order valence-electron chi connectivity index (χ1n) is 6.91. The van der Waals surface area contributed by atoms with Crippen LogP contribution in [0.5, 0.6) is 0 Å². The molecule has 20 heavy (non-hydrogen) atoms. The zero-order chi connectivity index (χ0) is 13.5. The van der Waals surface area contributed by atoms with Crippen LogP contribution >= 0.6 is 23.7 Å². The van der Waals surface area contributed by atoms with Crippen molar-refractivity contribution in [3.8, 4) is 0 Å². The average Bonchev–Trinajstić information content (AvgIpc) is 3.06. The van der Waals surface area contributed by atoms with Crippen LogP contribution in [0.25, 0.3) is 0 Å². The summed E-state index contributed by atoms with van der Waals surface area (Å²) in [6, 6.07) is 3.69. The zero-order valence-corrected chi connectivity index (χ0v) is 14.0. The fraction of sp³-hybridized carbons (Fsp3) is 0.692. The minimum absolute atomic E-state index is 0. The van der Waals surface area contributed by atoms with Crippen molar-refractivity contribution in [3.63, 3.8) is 0 Å². The summed E-state index contributed by atoms with van der Waals surface area (Å²) >= 11 is 1.41. The van der Waals surface area contributed by atoms with Crippen molar-refractivity contribution >= 4 is 33.8 Å². The quantitative estimate of drug-likeness (QED) is 0.918. The van der Waals surface area contributed by atoms with Gasteiger partial charge in [0.1, 0.15) is 4.21 Å². The molecule has 0 aromatic carbocycles. The summed E-state index contributed by atoms with van der Waals surface area (Å²) < 4.78 is 27.4. The van der Waals surface area contributed by atoms with Gasteiger partial charge in [-0.2, -0.15) is 4.31 Å². The standard InChI is InChI=1S/C13H20N2O2S2.ClH/c1-2-12-3-4-13(18-12)19(16,17)15-6-5-10-7-14-8-11(10)9-15;/h3-4,10-11,14H,2,5-9H2,1H3;1H. The predicted octanol–water partition coefficient (Wildman–Crippen LogP) is 1.96. The Balaban J connectivity index is 0.00000147. The van der Waals surface area contributed by atoms with Crippen LogP contribution in [0.1, 0.15) is 18.2 Å². The van der Waals surface area contributed by atoms with Crippen LogP contribution in [-0.4, -0.2) is 38.9 Å². The Labute approximate surface area is 131 Å². The molecule has 2 unspecified atom stereocenters. The van der Waals surface area contributed by atoms with E-state index in [1.807, 2.05) is 6.07 Å². The first-order valence-corrected chi connectivity index (χ1v) is 9.16. The van der Waals surface area contributed by atoms with Gasteiger partial charge >= 0.3 is 0 Å². The molecule has 2 atom stereocenters. The van der Waals surface area contributed by atoms with Crippen LogP contribution in [-0.2, 0) is 16.4 Å². The molecule has 0 bridgehead atoms. The second-order valence-corrected chi connectivity index (χ2v) is 8.74. The Kier molecular flexibility index (Phi) is 5.13. The lowest BCUT2D eigenvalue weighted by atomic mass is 9.90. The molecule has 3 rings (SSSR count). The van der Waals surface area contributed by atoms with Crippen molar-refractivity contribution < 1.29 is 8.42 Å². The number of thiophene rings is 1. The van der Waals surface area contributed by atoms with E-state index in [1.165, 1.54) is 11.3 Å². The minimum Gasteiger partial charge on any atom is -0.316 e. The van der Waals surface area contributed by atoms with E-state index in [-0.39, 0.29) is 12.4 Å². The molecule has 2 saturated heterocycles. The lowest BCUT2D eigenvalue weighted by Gasteiger charge is -2.33. The largest absolute Gasteiger partial charge is 0.316 e. The van der Waals surface area contributed by atoms with E-state index >= 15 is 0 Å². The van der Waals surface area contributed by atoms with E-state index in [2.05, 4.69) is 12.2 Å². The first-order chi connectivity index (χ1) is 9.11. The molecule has 2 fully saturated rings. The van der Waals surface area contributed by atoms with E-state index in [0.29, 0.717) is 29.1 Å². The summed E-state index contributed by atoms with van der Waals surface area (Å²) in [4.78, 5) is 1.14. The van der Waals surface area contributed by atoms with Gasteiger partial charge in [0.25, 0.3) is 10.0 Å². The minimum atomic E-state index is -3.27. The van der Waals surface area contributed by atoms with Crippen molar-refractivity contribution in [2.45, 2.75) is 24.0 Å². The molecule has 0 saturated carbocycles. The summed E-state index contributed by atoms with van der Waals surface area (Å²) in [5.74, 6) is 1.16. The van der Waals surface area contributed by atoms with Gasteiger partial charge in [-0.15, -0.1) is 23.7 Å². The third kappa shape index (κ3) is 2.90. The fourth-order valence-corrected chi connectivity index (χ4v) is 6.00. The first kappa shape index (κ1) is 16.2. The Morgan fingerprint density at radius 1 is 1.35 bits per heavy atom. The number of sulfonamides is 1. The van der Waals surface area contributed by atoms with Crippen LogP contribution in [0.15, 0.2) is 16.3 Å². The molecule has 4 nitrogen and oxygen atoms in total. The van der Waals surface area contributed by atoms with Crippen molar-refractivity contribution in [2.24, 2.45) is 11.8 Å². The highest BCUT2D eigenvalue weighted by molar-refractivity contribution is 7.91. The third-order valence-corrected chi connectivity index (χ3v) is 7.81. The van der Waals surface area contributed by atoms with Gasteiger partial charge in [-0.25, -0.2) is 8.42 Å². The molecule has 1 N–H and O–H groups in total. The highest BCUT2D eigenvalue weighted by Crippen LogP contribution is 2.32. The van der Waals surface area contributed by atoms with Crippen LogP contribution < -0.4 is 5.32 Å².